The summed E-state index contributed by atoms with van der Waals surface area (Å²) in [5, 5.41) is 3.21. The Balaban J connectivity index is 2.01. The Kier molecular flexibility index (Phi) is 3.79. The third-order valence-corrected chi connectivity index (χ3v) is 2.70. The van der Waals surface area contributed by atoms with Crippen LogP contribution in [-0.4, -0.2) is 49.9 Å². The first-order valence-electron chi connectivity index (χ1n) is 5.83. The molecule has 1 N–H and O–H groups in total. The molecule has 4 nitrogen and oxygen atoms in total. The SMILES string of the molecule is [B]C1C=Cc2nc(NCCN(C)C)ncc2C1. The van der Waals surface area contributed by atoms with E-state index in [1.807, 2.05) is 32.4 Å². The van der Waals surface area contributed by atoms with Gasteiger partial charge < -0.3 is 10.2 Å². The molecule has 0 spiro atoms. The summed E-state index contributed by atoms with van der Waals surface area (Å²) in [5.74, 6) is 0.782. The largest absolute Gasteiger partial charge is 0.353 e. The summed E-state index contributed by atoms with van der Waals surface area (Å²) in [5.41, 5.74) is 2.10. The van der Waals surface area contributed by atoms with Gasteiger partial charge in [-0.15, -0.1) is 0 Å². The van der Waals surface area contributed by atoms with Crippen molar-refractivity contribution in [1.29, 1.82) is 0 Å². The minimum atomic E-state index is 0.0960. The molecule has 1 unspecified atom stereocenters. The fourth-order valence-corrected chi connectivity index (χ4v) is 1.73. The second-order valence-corrected chi connectivity index (χ2v) is 4.56. The van der Waals surface area contributed by atoms with Crippen LogP contribution < -0.4 is 5.32 Å². The summed E-state index contributed by atoms with van der Waals surface area (Å²) < 4.78 is 0. The predicted molar refractivity (Wildman–Crippen MR) is 71.3 cm³/mol. The molecule has 1 atom stereocenters. The number of rotatable bonds is 4. The summed E-state index contributed by atoms with van der Waals surface area (Å²) in [7, 11) is 9.92. The van der Waals surface area contributed by atoms with Crippen LogP contribution >= 0.6 is 0 Å². The molecule has 0 amide bonds. The first kappa shape index (κ1) is 12.1. The summed E-state index contributed by atoms with van der Waals surface area (Å²) >= 11 is 0. The van der Waals surface area contributed by atoms with Crippen molar-refractivity contribution in [2.75, 3.05) is 32.5 Å². The molecule has 2 rings (SSSR count). The van der Waals surface area contributed by atoms with E-state index in [4.69, 9.17) is 7.85 Å². The zero-order valence-corrected chi connectivity index (χ0v) is 10.3. The molecule has 1 aromatic rings. The topological polar surface area (TPSA) is 41.1 Å². The Morgan fingerprint density at radius 1 is 1.53 bits per heavy atom. The van der Waals surface area contributed by atoms with Crippen LogP contribution in [0.3, 0.4) is 0 Å². The number of allylic oxidation sites excluding steroid dienone is 1. The summed E-state index contributed by atoms with van der Waals surface area (Å²) in [6, 6.07) is 0. The molecule has 0 fully saturated rings. The minimum Gasteiger partial charge on any atom is -0.353 e. The van der Waals surface area contributed by atoms with E-state index in [0.717, 1.165) is 30.8 Å². The Morgan fingerprint density at radius 3 is 3.12 bits per heavy atom. The number of hydrogen-bond acceptors (Lipinski definition) is 4. The monoisotopic (exact) mass is 228 g/mol. The predicted octanol–water partition coefficient (Wildman–Crippen LogP) is 0.976. The Morgan fingerprint density at radius 2 is 2.35 bits per heavy atom. The molecule has 0 bridgehead atoms. The van der Waals surface area contributed by atoms with Crippen molar-refractivity contribution in [3.63, 3.8) is 0 Å². The summed E-state index contributed by atoms with van der Waals surface area (Å²) in [4.78, 5) is 10.9. The highest BCUT2D eigenvalue weighted by Gasteiger charge is 2.11. The number of nitrogens with one attached hydrogen (secondary N) is 1. The van der Waals surface area contributed by atoms with E-state index in [0.29, 0.717) is 5.95 Å². The van der Waals surface area contributed by atoms with Crippen LogP contribution in [0.25, 0.3) is 6.08 Å². The van der Waals surface area contributed by atoms with Crippen molar-refractivity contribution in [1.82, 2.24) is 14.9 Å². The molecular formula is C12H17BN4. The average Bonchev–Trinajstić information content (AvgIpc) is 2.29. The zero-order chi connectivity index (χ0) is 12.3. The summed E-state index contributed by atoms with van der Waals surface area (Å²) in [6.45, 7) is 1.80. The third kappa shape index (κ3) is 3.30. The Labute approximate surface area is 104 Å². The normalized spacial score (nSPS) is 18.2. The molecular weight excluding hydrogens is 211 g/mol. The lowest BCUT2D eigenvalue weighted by Crippen LogP contribution is -2.21. The maximum absolute atomic E-state index is 5.84. The first-order chi connectivity index (χ1) is 8.15. The second kappa shape index (κ2) is 5.32. The molecule has 0 saturated heterocycles. The lowest BCUT2D eigenvalue weighted by molar-refractivity contribution is 0.425. The molecule has 5 heteroatoms. The van der Waals surface area contributed by atoms with E-state index in [-0.39, 0.29) is 5.82 Å². The molecule has 1 heterocycles. The van der Waals surface area contributed by atoms with Crippen molar-refractivity contribution in [3.05, 3.63) is 23.5 Å². The lowest BCUT2D eigenvalue weighted by Gasteiger charge is -2.16. The van der Waals surface area contributed by atoms with Gasteiger partial charge in [0.15, 0.2) is 0 Å². The second-order valence-electron chi connectivity index (χ2n) is 4.56. The highest BCUT2D eigenvalue weighted by atomic mass is 15.1. The maximum Gasteiger partial charge on any atom is 0.223 e. The maximum atomic E-state index is 5.84. The molecule has 1 aromatic heterocycles. The Bertz CT molecular complexity index is 417. The van der Waals surface area contributed by atoms with Gasteiger partial charge in [0.05, 0.1) is 13.5 Å². The number of anilines is 1. The van der Waals surface area contributed by atoms with Crippen LogP contribution in [0.2, 0.25) is 5.82 Å². The number of hydrogen-bond donors (Lipinski definition) is 1. The van der Waals surface area contributed by atoms with Gasteiger partial charge in [-0.05, 0) is 32.2 Å². The molecule has 17 heavy (non-hydrogen) atoms. The molecule has 2 radical (unpaired) electrons. The molecule has 1 aliphatic carbocycles. The molecule has 0 aromatic carbocycles. The number of aromatic nitrogens is 2. The lowest BCUT2D eigenvalue weighted by atomic mass is 9.79. The van der Waals surface area contributed by atoms with E-state index >= 15 is 0 Å². The number of nitrogens with zero attached hydrogens (tertiary/aromatic N) is 3. The fourth-order valence-electron chi connectivity index (χ4n) is 1.73. The van der Waals surface area contributed by atoms with Gasteiger partial charge in [-0.3, -0.25) is 0 Å². The van der Waals surface area contributed by atoms with E-state index in [1.54, 1.807) is 0 Å². The highest BCUT2D eigenvalue weighted by molar-refractivity contribution is 6.13. The molecule has 88 valence electrons. The van der Waals surface area contributed by atoms with E-state index in [1.165, 1.54) is 0 Å². The third-order valence-electron chi connectivity index (χ3n) is 2.70. The molecule has 0 saturated carbocycles. The van der Waals surface area contributed by atoms with Crippen LogP contribution in [-0.2, 0) is 6.42 Å². The van der Waals surface area contributed by atoms with Crippen LogP contribution in [0.5, 0.6) is 0 Å². The minimum absolute atomic E-state index is 0.0960. The highest BCUT2D eigenvalue weighted by Crippen LogP contribution is 2.22. The smallest absolute Gasteiger partial charge is 0.223 e. The Hall–Kier alpha value is -1.36. The van der Waals surface area contributed by atoms with Crippen molar-refractivity contribution < 1.29 is 0 Å². The van der Waals surface area contributed by atoms with Gasteiger partial charge in [-0.25, -0.2) is 9.97 Å². The van der Waals surface area contributed by atoms with E-state index in [9.17, 15) is 0 Å². The van der Waals surface area contributed by atoms with Gasteiger partial charge in [0.1, 0.15) is 0 Å². The van der Waals surface area contributed by atoms with Crippen molar-refractivity contribution in [2.24, 2.45) is 0 Å². The summed E-state index contributed by atoms with van der Waals surface area (Å²) in [6.07, 6.45) is 6.65. The van der Waals surface area contributed by atoms with Gasteiger partial charge in [0.2, 0.25) is 5.95 Å². The van der Waals surface area contributed by atoms with E-state index < -0.39 is 0 Å². The van der Waals surface area contributed by atoms with E-state index in [2.05, 4.69) is 20.2 Å². The van der Waals surface area contributed by atoms with Crippen molar-refractivity contribution in [2.45, 2.75) is 12.2 Å². The van der Waals surface area contributed by atoms with Gasteiger partial charge in [-0.1, -0.05) is 11.9 Å². The van der Waals surface area contributed by atoms with Crippen LogP contribution in [0.1, 0.15) is 11.3 Å². The van der Waals surface area contributed by atoms with Crippen molar-refractivity contribution >= 4 is 19.9 Å². The van der Waals surface area contributed by atoms with Gasteiger partial charge in [0.25, 0.3) is 0 Å². The number of likely N-dealkylation sites (N-methyl/N-ethyl adjacent to an activating group) is 1. The number of fused-ring (bicyclic) bond motifs is 1. The molecule has 1 aliphatic rings. The van der Waals surface area contributed by atoms with Crippen LogP contribution in [0.4, 0.5) is 5.95 Å². The van der Waals surface area contributed by atoms with Gasteiger partial charge in [-0.2, -0.15) is 0 Å². The quantitative estimate of drug-likeness (QED) is 0.780. The van der Waals surface area contributed by atoms with Crippen LogP contribution in [0.15, 0.2) is 12.3 Å². The zero-order valence-electron chi connectivity index (χ0n) is 10.3. The molecule has 0 aliphatic heterocycles. The fraction of sp³-hybridized carbons (Fsp3) is 0.500. The average molecular weight is 228 g/mol. The van der Waals surface area contributed by atoms with Gasteiger partial charge >= 0.3 is 0 Å². The van der Waals surface area contributed by atoms with Crippen molar-refractivity contribution in [3.8, 4) is 0 Å². The standard InChI is InChI=1S/C12H17BN4/c1-17(2)6-5-14-12-15-8-9-7-10(13)3-4-11(9)16-12/h3-4,8,10H,5-7H2,1-2H3,(H,14,15,16). The van der Waals surface area contributed by atoms with Crippen LogP contribution in [0, 0.1) is 0 Å². The first-order valence-corrected chi connectivity index (χ1v) is 5.83. The van der Waals surface area contributed by atoms with Gasteiger partial charge in [0, 0.05) is 19.3 Å².